The zero-order valence-corrected chi connectivity index (χ0v) is 13.5. The molecule has 8 heteroatoms. The van der Waals surface area contributed by atoms with Gasteiger partial charge in [0.2, 0.25) is 0 Å². The van der Waals surface area contributed by atoms with Gasteiger partial charge in [-0.05, 0) is 42.5 Å². The third-order valence-corrected chi connectivity index (χ3v) is 3.14. The minimum Gasteiger partial charge on any atom is -0.482 e. The maximum Gasteiger partial charge on any atom is 0.344 e. The van der Waals surface area contributed by atoms with Gasteiger partial charge in [-0.2, -0.15) is 5.26 Å². The number of hydrogen-bond acceptors (Lipinski definition) is 5. The van der Waals surface area contributed by atoms with Gasteiger partial charge in [-0.15, -0.1) is 0 Å². The molecule has 0 spiro atoms. The fourth-order valence-electron chi connectivity index (χ4n) is 1.74. The van der Waals surface area contributed by atoms with E-state index in [0.717, 1.165) is 6.07 Å². The molecule has 0 heterocycles. The third-order valence-electron chi connectivity index (χ3n) is 2.91. The summed E-state index contributed by atoms with van der Waals surface area (Å²) >= 11 is 5.71. The van der Waals surface area contributed by atoms with E-state index in [2.05, 4.69) is 5.32 Å². The lowest BCUT2D eigenvalue weighted by molar-refractivity contribution is -0.149. The summed E-state index contributed by atoms with van der Waals surface area (Å²) < 4.78 is 23.4. The van der Waals surface area contributed by atoms with Crippen molar-refractivity contribution in [2.75, 3.05) is 18.5 Å². The van der Waals surface area contributed by atoms with E-state index in [1.54, 1.807) is 0 Å². The molecule has 0 atom stereocenters. The Morgan fingerprint density at radius 2 is 1.88 bits per heavy atom. The van der Waals surface area contributed by atoms with Crippen LogP contribution in [0.15, 0.2) is 42.5 Å². The number of nitrogens with zero attached hydrogens (tertiary/aromatic N) is 1. The van der Waals surface area contributed by atoms with E-state index in [4.69, 9.17) is 26.3 Å². The van der Waals surface area contributed by atoms with Crippen molar-refractivity contribution in [2.24, 2.45) is 0 Å². The minimum absolute atomic E-state index is 0.109. The van der Waals surface area contributed by atoms with Gasteiger partial charge in [-0.25, -0.2) is 9.18 Å². The number of carbonyl (C=O) groups excluding carboxylic acids is 2. The molecule has 0 aromatic heterocycles. The lowest BCUT2D eigenvalue weighted by atomic mass is 10.2. The molecule has 0 saturated heterocycles. The number of amides is 1. The van der Waals surface area contributed by atoms with Crippen LogP contribution in [0.2, 0.25) is 5.02 Å². The van der Waals surface area contributed by atoms with Gasteiger partial charge >= 0.3 is 5.97 Å². The Labute approximate surface area is 147 Å². The van der Waals surface area contributed by atoms with Crippen LogP contribution in [0.3, 0.4) is 0 Å². The number of ether oxygens (including phenoxy) is 2. The summed E-state index contributed by atoms with van der Waals surface area (Å²) in [6, 6.07) is 11.8. The Balaban J connectivity index is 1.76. The van der Waals surface area contributed by atoms with E-state index in [-0.39, 0.29) is 10.7 Å². The zero-order chi connectivity index (χ0) is 18.2. The average molecular weight is 363 g/mol. The smallest absolute Gasteiger partial charge is 0.344 e. The molecule has 2 aromatic rings. The Morgan fingerprint density at radius 1 is 1.16 bits per heavy atom. The summed E-state index contributed by atoms with van der Waals surface area (Å²) in [5.74, 6) is -1.77. The van der Waals surface area contributed by atoms with Gasteiger partial charge in [0.05, 0.1) is 17.3 Å². The number of esters is 1. The second kappa shape index (κ2) is 8.66. The van der Waals surface area contributed by atoms with Crippen molar-refractivity contribution < 1.29 is 23.5 Å². The summed E-state index contributed by atoms with van der Waals surface area (Å²) in [4.78, 5) is 23.2. The third kappa shape index (κ3) is 5.79. The standard InChI is InChI=1S/C17H12ClFN2O4/c18-12-3-6-14(19)15(7-12)21-16(22)9-25-17(23)10-24-13-4-1-11(8-20)2-5-13/h1-7H,9-10H2,(H,21,22). The summed E-state index contributed by atoms with van der Waals surface area (Å²) in [5.41, 5.74) is 0.349. The number of benzene rings is 2. The number of nitriles is 1. The van der Waals surface area contributed by atoms with Crippen molar-refractivity contribution in [3.05, 3.63) is 58.9 Å². The Hall–Kier alpha value is -3.11. The zero-order valence-electron chi connectivity index (χ0n) is 12.8. The SMILES string of the molecule is N#Cc1ccc(OCC(=O)OCC(=O)Nc2cc(Cl)ccc2F)cc1. The first-order valence-electron chi connectivity index (χ1n) is 7.01. The molecule has 128 valence electrons. The molecule has 6 nitrogen and oxygen atoms in total. The van der Waals surface area contributed by atoms with Crippen molar-refractivity contribution in [1.82, 2.24) is 0 Å². The van der Waals surface area contributed by atoms with Crippen molar-refractivity contribution in [3.63, 3.8) is 0 Å². The van der Waals surface area contributed by atoms with Gasteiger partial charge < -0.3 is 14.8 Å². The molecule has 2 rings (SSSR count). The minimum atomic E-state index is -0.772. The summed E-state index contributed by atoms with van der Waals surface area (Å²) in [7, 11) is 0. The van der Waals surface area contributed by atoms with Crippen LogP contribution in [0.1, 0.15) is 5.56 Å². The number of halogens is 2. The van der Waals surface area contributed by atoms with Crippen molar-refractivity contribution >= 4 is 29.2 Å². The molecule has 0 radical (unpaired) electrons. The quantitative estimate of drug-likeness (QED) is 0.798. The predicted octanol–water partition coefficient (Wildman–Crippen LogP) is 2.91. The van der Waals surface area contributed by atoms with Crippen LogP contribution in [0.5, 0.6) is 5.75 Å². The monoisotopic (exact) mass is 362 g/mol. The number of rotatable bonds is 6. The first-order valence-corrected chi connectivity index (χ1v) is 7.39. The molecule has 2 aromatic carbocycles. The maximum atomic E-state index is 13.5. The highest BCUT2D eigenvalue weighted by molar-refractivity contribution is 6.30. The van der Waals surface area contributed by atoms with Crippen LogP contribution < -0.4 is 10.1 Å². The molecule has 0 saturated carbocycles. The van der Waals surface area contributed by atoms with E-state index in [9.17, 15) is 14.0 Å². The van der Waals surface area contributed by atoms with Crippen molar-refractivity contribution in [2.45, 2.75) is 0 Å². The number of carbonyl (C=O) groups is 2. The Bertz CT molecular complexity index is 818. The molecule has 1 amide bonds. The molecule has 0 aliphatic carbocycles. The van der Waals surface area contributed by atoms with E-state index in [0.29, 0.717) is 11.3 Å². The van der Waals surface area contributed by atoms with Crippen LogP contribution in [0.4, 0.5) is 10.1 Å². The van der Waals surface area contributed by atoms with Crippen LogP contribution in [0.25, 0.3) is 0 Å². The van der Waals surface area contributed by atoms with E-state index in [1.165, 1.54) is 36.4 Å². The first-order chi connectivity index (χ1) is 12.0. The summed E-state index contributed by atoms with van der Waals surface area (Å²) in [6.45, 7) is -1.01. The van der Waals surface area contributed by atoms with Gasteiger partial charge in [0, 0.05) is 5.02 Å². The van der Waals surface area contributed by atoms with Gasteiger partial charge in [0.15, 0.2) is 13.2 Å². The largest absolute Gasteiger partial charge is 0.482 e. The number of anilines is 1. The maximum absolute atomic E-state index is 13.5. The fourth-order valence-corrected chi connectivity index (χ4v) is 1.91. The van der Waals surface area contributed by atoms with Crippen molar-refractivity contribution in [3.8, 4) is 11.8 Å². The topological polar surface area (TPSA) is 88.4 Å². The molecule has 0 aliphatic heterocycles. The molecule has 0 bridgehead atoms. The summed E-state index contributed by atoms with van der Waals surface area (Å²) in [5, 5.41) is 11.2. The van der Waals surface area contributed by atoms with Crippen LogP contribution in [-0.2, 0) is 14.3 Å². The van der Waals surface area contributed by atoms with Gasteiger partial charge in [-0.1, -0.05) is 11.6 Å². The predicted molar refractivity (Wildman–Crippen MR) is 87.7 cm³/mol. The highest BCUT2D eigenvalue weighted by atomic mass is 35.5. The lowest BCUT2D eigenvalue weighted by Crippen LogP contribution is -2.24. The molecular weight excluding hydrogens is 351 g/mol. The highest BCUT2D eigenvalue weighted by Gasteiger charge is 2.11. The molecule has 1 N–H and O–H groups in total. The first kappa shape index (κ1) is 18.2. The van der Waals surface area contributed by atoms with Gasteiger partial charge in [0.1, 0.15) is 11.6 Å². The van der Waals surface area contributed by atoms with Crippen LogP contribution >= 0.6 is 11.6 Å². The van der Waals surface area contributed by atoms with Gasteiger partial charge in [-0.3, -0.25) is 4.79 Å². The molecule has 25 heavy (non-hydrogen) atoms. The second-order valence-electron chi connectivity index (χ2n) is 4.76. The van der Waals surface area contributed by atoms with E-state index >= 15 is 0 Å². The van der Waals surface area contributed by atoms with Crippen LogP contribution in [0, 0.1) is 17.1 Å². The highest BCUT2D eigenvalue weighted by Crippen LogP contribution is 2.19. The second-order valence-corrected chi connectivity index (χ2v) is 5.19. The summed E-state index contributed by atoms with van der Waals surface area (Å²) in [6.07, 6.45) is 0. The lowest BCUT2D eigenvalue weighted by Gasteiger charge is -2.08. The normalized spacial score (nSPS) is 9.80. The Morgan fingerprint density at radius 3 is 2.56 bits per heavy atom. The average Bonchev–Trinajstić information content (AvgIpc) is 2.61. The number of hydrogen-bond donors (Lipinski definition) is 1. The van der Waals surface area contributed by atoms with Crippen LogP contribution in [-0.4, -0.2) is 25.1 Å². The van der Waals surface area contributed by atoms with Crippen molar-refractivity contribution in [1.29, 1.82) is 5.26 Å². The number of nitrogens with one attached hydrogen (secondary N) is 1. The van der Waals surface area contributed by atoms with Gasteiger partial charge in [0.25, 0.3) is 5.91 Å². The molecule has 0 aliphatic rings. The molecule has 0 unspecified atom stereocenters. The molecule has 0 fully saturated rings. The fraction of sp³-hybridized carbons (Fsp3) is 0.118. The Kier molecular flexibility index (Phi) is 6.32. The molecular formula is C17H12ClFN2O4. The van der Waals surface area contributed by atoms with E-state index in [1.807, 2.05) is 6.07 Å². The van der Waals surface area contributed by atoms with E-state index < -0.39 is 30.9 Å².